The molecule has 0 saturated carbocycles. The van der Waals surface area contributed by atoms with Gasteiger partial charge in [-0.1, -0.05) is 33.3 Å². The van der Waals surface area contributed by atoms with Crippen molar-refractivity contribution in [2.75, 3.05) is 13.7 Å². The van der Waals surface area contributed by atoms with E-state index in [2.05, 4.69) is 16.6 Å². The molecular weight excluding hydrogens is 298 g/mol. The van der Waals surface area contributed by atoms with E-state index >= 15 is 0 Å². The lowest BCUT2D eigenvalue weighted by Crippen LogP contribution is -2.42. The SMILES string of the molecule is C=CCOC.CC=O.CCC[C@H](C(=O)NC(C)C(=O)O)C(C)C. The van der Waals surface area contributed by atoms with Crippen LogP contribution in [0.15, 0.2) is 12.7 Å². The molecule has 136 valence electrons. The molecule has 0 heterocycles. The number of carboxylic acids is 1. The first-order chi connectivity index (χ1) is 10.7. The van der Waals surface area contributed by atoms with E-state index in [0.29, 0.717) is 6.61 Å². The van der Waals surface area contributed by atoms with Crippen molar-refractivity contribution in [3.05, 3.63) is 12.7 Å². The Balaban J connectivity index is -0.000000414. The minimum absolute atomic E-state index is 0.0863. The zero-order valence-electron chi connectivity index (χ0n) is 15.3. The number of carboxylic acid groups (broad SMARTS) is 1. The molecule has 23 heavy (non-hydrogen) atoms. The zero-order valence-corrected chi connectivity index (χ0v) is 15.3. The Morgan fingerprint density at radius 2 is 1.78 bits per heavy atom. The molecule has 2 atom stereocenters. The molecule has 0 aliphatic carbocycles. The Bertz CT molecular complexity index is 329. The number of aliphatic carboxylic acids is 1. The van der Waals surface area contributed by atoms with E-state index in [0.717, 1.165) is 19.1 Å². The second-order valence-electron chi connectivity index (χ2n) is 5.19. The minimum Gasteiger partial charge on any atom is -0.480 e. The lowest BCUT2D eigenvalue weighted by Gasteiger charge is -2.20. The van der Waals surface area contributed by atoms with Crippen molar-refractivity contribution in [1.29, 1.82) is 0 Å². The number of carbonyl (C=O) groups is 3. The summed E-state index contributed by atoms with van der Waals surface area (Å²) in [5.74, 6) is -0.994. The van der Waals surface area contributed by atoms with Crippen molar-refractivity contribution in [3.63, 3.8) is 0 Å². The molecule has 1 amide bonds. The van der Waals surface area contributed by atoms with Gasteiger partial charge in [-0.3, -0.25) is 9.59 Å². The third kappa shape index (κ3) is 18.3. The highest BCUT2D eigenvalue weighted by atomic mass is 16.5. The molecule has 0 aromatic rings. The van der Waals surface area contributed by atoms with Gasteiger partial charge >= 0.3 is 5.97 Å². The van der Waals surface area contributed by atoms with Gasteiger partial charge in [-0.2, -0.15) is 0 Å². The van der Waals surface area contributed by atoms with Gasteiger partial charge in [0.15, 0.2) is 0 Å². The lowest BCUT2D eigenvalue weighted by molar-refractivity contribution is -0.142. The van der Waals surface area contributed by atoms with Gasteiger partial charge in [0.2, 0.25) is 5.91 Å². The fourth-order valence-electron chi connectivity index (χ4n) is 1.58. The Morgan fingerprint density at radius 3 is 2.00 bits per heavy atom. The first kappa shape index (κ1) is 26.2. The zero-order chi connectivity index (χ0) is 18.8. The van der Waals surface area contributed by atoms with E-state index in [1.165, 1.54) is 13.8 Å². The molecule has 1 unspecified atom stereocenters. The van der Waals surface area contributed by atoms with Crippen molar-refractivity contribution in [3.8, 4) is 0 Å². The Morgan fingerprint density at radius 1 is 1.30 bits per heavy atom. The van der Waals surface area contributed by atoms with Gasteiger partial charge in [-0.05, 0) is 26.2 Å². The van der Waals surface area contributed by atoms with E-state index in [1.807, 2.05) is 20.8 Å². The maximum absolute atomic E-state index is 11.7. The highest BCUT2D eigenvalue weighted by Gasteiger charge is 2.24. The van der Waals surface area contributed by atoms with Gasteiger partial charge in [0, 0.05) is 13.0 Å². The molecule has 0 aromatic heterocycles. The lowest BCUT2D eigenvalue weighted by atomic mass is 9.90. The third-order valence-electron chi connectivity index (χ3n) is 2.75. The Labute approximate surface area is 140 Å². The smallest absolute Gasteiger partial charge is 0.325 e. The van der Waals surface area contributed by atoms with Gasteiger partial charge in [-0.15, -0.1) is 6.58 Å². The average molecular weight is 331 g/mol. The predicted octanol–water partition coefficient (Wildman–Crippen LogP) is 2.67. The normalized spacial score (nSPS) is 11.8. The molecular formula is C17H33NO5. The number of hydrogen-bond donors (Lipinski definition) is 2. The van der Waals surface area contributed by atoms with E-state index in [9.17, 15) is 9.59 Å². The van der Waals surface area contributed by atoms with Crippen LogP contribution in [0.25, 0.3) is 0 Å². The molecule has 0 fully saturated rings. The molecule has 0 aliphatic rings. The molecule has 0 aliphatic heterocycles. The average Bonchev–Trinajstić information content (AvgIpc) is 2.46. The van der Waals surface area contributed by atoms with Crippen molar-refractivity contribution in [2.24, 2.45) is 11.8 Å². The van der Waals surface area contributed by atoms with E-state index in [4.69, 9.17) is 9.90 Å². The van der Waals surface area contributed by atoms with E-state index in [-0.39, 0.29) is 17.7 Å². The summed E-state index contributed by atoms with van der Waals surface area (Å²) in [6.45, 7) is 13.0. The van der Waals surface area contributed by atoms with Crippen molar-refractivity contribution in [2.45, 2.75) is 53.5 Å². The summed E-state index contributed by atoms with van der Waals surface area (Å²) in [4.78, 5) is 31.1. The first-order valence-corrected chi connectivity index (χ1v) is 7.76. The van der Waals surface area contributed by atoms with Crippen LogP contribution in [0.5, 0.6) is 0 Å². The first-order valence-electron chi connectivity index (χ1n) is 7.76. The number of aldehydes is 1. The van der Waals surface area contributed by atoms with Gasteiger partial charge in [0.1, 0.15) is 12.3 Å². The second kappa shape index (κ2) is 18.4. The number of amides is 1. The molecule has 6 nitrogen and oxygen atoms in total. The number of nitrogens with one attached hydrogen (secondary N) is 1. The number of carbonyl (C=O) groups excluding carboxylic acids is 2. The van der Waals surface area contributed by atoms with Crippen molar-refractivity contribution in [1.82, 2.24) is 5.32 Å². The Hall–Kier alpha value is -1.69. The van der Waals surface area contributed by atoms with Crippen molar-refractivity contribution < 1.29 is 24.2 Å². The molecule has 0 aromatic carbocycles. The molecule has 0 radical (unpaired) electrons. The van der Waals surface area contributed by atoms with Gasteiger partial charge in [0.05, 0.1) is 6.61 Å². The maximum Gasteiger partial charge on any atom is 0.325 e. The van der Waals surface area contributed by atoms with Gasteiger partial charge < -0.3 is 20.0 Å². The van der Waals surface area contributed by atoms with E-state index < -0.39 is 12.0 Å². The summed E-state index contributed by atoms with van der Waals surface area (Å²) in [5.41, 5.74) is 0. The summed E-state index contributed by atoms with van der Waals surface area (Å²) in [6, 6.07) is -0.810. The molecule has 6 heteroatoms. The van der Waals surface area contributed by atoms with Crippen LogP contribution in [0, 0.1) is 11.8 Å². The highest BCUT2D eigenvalue weighted by molar-refractivity contribution is 5.84. The molecule has 0 bridgehead atoms. The monoisotopic (exact) mass is 331 g/mol. The van der Waals surface area contributed by atoms with Crippen LogP contribution in [0.2, 0.25) is 0 Å². The summed E-state index contributed by atoms with van der Waals surface area (Å²) in [7, 11) is 1.64. The fraction of sp³-hybridized carbons (Fsp3) is 0.706. The van der Waals surface area contributed by atoms with Crippen LogP contribution in [-0.4, -0.2) is 43.0 Å². The number of ether oxygens (including phenoxy) is 1. The molecule has 0 rings (SSSR count). The van der Waals surface area contributed by atoms with Gasteiger partial charge in [-0.25, -0.2) is 0 Å². The number of hydrogen-bond acceptors (Lipinski definition) is 4. The van der Waals surface area contributed by atoms with Crippen LogP contribution < -0.4 is 5.32 Å². The Kier molecular flexibility index (Phi) is 20.9. The van der Waals surface area contributed by atoms with Crippen LogP contribution in [0.4, 0.5) is 0 Å². The largest absolute Gasteiger partial charge is 0.480 e. The predicted molar refractivity (Wildman–Crippen MR) is 92.3 cm³/mol. The molecule has 2 N–H and O–H groups in total. The maximum atomic E-state index is 11.7. The summed E-state index contributed by atoms with van der Waals surface area (Å²) < 4.78 is 4.57. The van der Waals surface area contributed by atoms with Crippen molar-refractivity contribution >= 4 is 18.2 Å². The summed E-state index contributed by atoms with van der Waals surface area (Å²) in [5, 5.41) is 11.2. The molecule has 0 saturated heterocycles. The topological polar surface area (TPSA) is 92.7 Å². The number of methoxy groups -OCH3 is 1. The molecule has 0 spiro atoms. The van der Waals surface area contributed by atoms with E-state index in [1.54, 1.807) is 13.2 Å². The van der Waals surface area contributed by atoms with Crippen LogP contribution in [0.1, 0.15) is 47.5 Å². The second-order valence-corrected chi connectivity index (χ2v) is 5.19. The highest BCUT2D eigenvalue weighted by Crippen LogP contribution is 2.17. The number of rotatable bonds is 8. The summed E-state index contributed by atoms with van der Waals surface area (Å²) >= 11 is 0. The quantitative estimate of drug-likeness (QED) is 0.527. The third-order valence-corrected chi connectivity index (χ3v) is 2.75. The van der Waals surface area contributed by atoms with Crippen LogP contribution in [0.3, 0.4) is 0 Å². The fourth-order valence-corrected chi connectivity index (χ4v) is 1.58. The van der Waals surface area contributed by atoms with Crippen LogP contribution in [-0.2, 0) is 19.1 Å². The standard InChI is InChI=1S/C11H21NO3.C4H8O.C2H4O/c1-5-6-9(7(2)3)10(13)12-8(4)11(14)15;1-3-4-5-2;1-2-3/h7-9H,5-6H2,1-4H3,(H,12,13)(H,14,15);3H,1,4H2,2H3;2H,1H3/t8?,9-;;/m0../s1. The van der Waals surface area contributed by atoms with Gasteiger partial charge in [0.25, 0.3) is 0 Å². The van der Waals surface area contributed by atoms with Crippen LogP contribution >= 0.6 is 0 Å². The minimum atomic E-state index is -0.998. The summed E-state index contributed by atoms with van der Waals surface area (Å²) in [6.07, 6.45) is 4.19.